The van der Waals surface area contributed by atoms with Gasteiger partial charge in [-0.1, -0.05) is 17.4 Å². The van der Waals surface area contributed by atoms with Crippen LogP contribution in [-0.2, 0) is 6.61 Å². The fourth-order valence-electron chi connectivity index (χ4n) is 3.07. The first kappa shape index (κ1) is 19.4. The van der Waals surface area contributed by atoms with Gasteiger partial charge in [0.05, 0.1) is 5.69 Å². The van der Waals surface area contributed by atoms with Crippen molar-refractivity contribution in [3.05, 3.63) is 87.0 Å². The van der Waals surface area contributed by atoms with Crippen LogP contribution in [0.5, 0.6) is 5.75 Å². The third kappa shape index (κ3) is 4.31. The normalized spacial score (nSPS) is 13.3. The van der Waals surface area contributed by atoms with Crippen LogP contribution in [0.2, 0.25) is 0 Å². The molecule has 5 rings (SSSR count). The summed E-state index contributed by atoms with van der Waals surface area (Å²) in [6, 6.07) is 13.6. The first-order valence-electron chi connectivity index (χ1n) is 9.75. The third-order valence-electron chi connectivity index (χ3n) is 4.83. The minimum Gasteiger partial charge on any atom is -0.487 e. The molecule has 0 bridgehead atoms. The number of hydrogen-bond donors (Lipinski definition) is 1. The van der Waals surface area contributed by atoms with Crippen molar-refractivity contribution in [2.75, 3.05) is 5.32 Å². The van der Waals surface area contributed by atoms with E-state index in [1.54, 1.807) is 24.3 Å². The van der Waals surface area contributed by atoms with Crippen molar-refractivity contribution in [3.63, 3.8) is 0 Å². The number of aromatic nitrogens is 3. The van der Waals surface area contributed by atoms with Gasteiger partial charge in [-0.25, -0.2) is 9.37 Å². The van der Waals surface area contributed by atoms with Gasteiger partial charge in [0.15, 0.2) is 0 Å². The van der Waals surface area contributed by atoms with Gasteiger partial charge in [-0.15, -0.1) is 0 Å². The van der Waals surface area contributed by atoms with Gasteiger partial charge < -0.3 is 10.1 Å². The number of rotatable bonds is 6. The molecule has 1 N–H and O–H groups in total. The maximum absolute atomic E-state index is 13.0. The lowest BCUT2D eigenvalue weighted by atomic mass is 10.2. The molecule has 1 amide bonds. The van der Waals surface area contributed by atoms with E-state index < -0.39 is 5.82 Å². The van der Waals surface area contributed by atoms with Crippen LogP contribution in [0.15, 0.2) is 59.4 Å². The third-order valence-corrected chi connectivity index (χ3v) is 5.90. The number of halogens is 1. The number of carbonyl (C=O) groups is 1. The van der Waals surface area contributed by atoms with E-state index in [1.807, 2.05) is 0 Å². The molecule has 4 aromatic rings. The SMILES string of the molecule is O=C(Nc1cccc(OCc2cc(=O)n3nc(C4CC4)sc3n2)c1)c1ccc(F)cc1. The smallest absolute Gasteiger partial charge is 0.275 e. The summed E-state index contributed by atoms with van der Waals surface area (Å²) in [5.74, 6) is 0.218. The molecule has 1 aliphatic carbocycles. The van der Waals surface area contributed by atoms with E-state index in [-0.39, 0.29) is 18.1 Å². The van der Waals surface area contributed by atoms with Crippen LogP contribution in [-0.4, -0.2) is 20.5 Å². The number of ether oxygens (including phenoxy) is 1. The number of nitrogens with one attached hydrogen (secondary N) is 1. The summed E-state index contributed by atoms with van der Waals surface area (Å²) in [6.07, 6.45) is 2.22. The molecule has 1 fully saturated rings. The molecule has 0 radical (unpaired) electrons. The second-order valence-corrected chi connectivity index (χ2v) is 8.26. The Morgan fingerprint density at radius 1 is 1.19 bits per heavy atom. The van der Waals surface area contributed by atoms with Crippen LogP contribution in [0.4, 0.5) is 10.1 Å². The Morgan fingerprint density at radius 2 is 2.00 bits per heavy atom. The molecule has 1 saturated carbocycles. The van der Waals surface area contributed by atoms with Crippen molar-refractivity contribution in [2.24, 2.45) is 0 Å². The zero-order valence-electron chi connectivity index (χ0n) is 16.2. The van der Waals surface area contributed by atoms with E-state index in [1.165, 1.54) is 46.2 Å². The molecular weight excluding hydrogens is 419 g/mol. The summed E-state index contributed by atoms with van der Waals surface area (Å²) in [4.78, 5) is 29.7. The number of amides is 1. The number of anilines is 1. The van der Waals surface area contributed by atoms with E-state index in [0.717, 1.165) is 17.8 Å². The Labute approximate surface area is 180 Å². The molecule has 31 heavy (non-hydrogen) atoms. The largest absolute Gasteiger partial charge is 0.487 e. The van der Waals surface area contributed by atoms with Gasteiger partial charge in [-0.05, 0) is 49.2 Å². The van der Waals surface area contributed by atoms with Gasteiger partial charge in [0.2, 0.25) is 4.96 Å². The fraction of sp³-hybridized carbons (Fsp3) is 0.182. The van der Waals surface area contributed by atoms with Crippen LogP contribution in [0.25, 0.3) is 4.96 Å². The second-order valence-electron chi connectivity index (χ2n) is 7.27. The molecule has 2 heterocycles. The van der Waals surface area contributed by atoms with Crippen molar-refractivity contribution in [1.29, 1.82) is 0 Å². The minimum absolute atomic E-state index is 0.109. The van der Waals surface area contributed by atoms with Crippen LogP contribution >= 0.6 is 11.3 Å². The highest BCUT2D eigenvalue weighted by Crippen LogP contribution is 2.41. The predicted molar refractivity (Wildman–Crippen MR) is 114 cm³/mol. The number of nitrogens with zero attached hydrogens (tertiary/aromatic N) is 3. The van der Waals surface area contributed by atoms with Crippen LogP contribution in [0.3, 0.4) is 0 Å². The fourth-order valence-corrected chi connectivity index (χ4v) is 4.16. The molecule has 0 spiro atoms. The summed E-state index contributed by atoms with van der Waals surface area (Å²) >= 11 is 1.44. The lowest BCUT2D eigenvalue weighted by Crippen LogP contribution is -2.16. The molecule has 2 aromatic heterocycles. The molecular formula is C22H17FN4O3S. The lowest BCUT2D eigenvalue weighted by molar-refractivity contribution is 0.102. The molecule has 156 valence electrons. The molecule has 7 nitrogen and oxygen atoms in total. The Morgan fingerprint density at radius 3 is 2.77 bits per heavy atom. The van der Waals surface area contributed by atoms with Gasteiger partial charge >= 0.3 is 0 Å². The van der Waals surface area contributed by atoms with Gasteiger partial charge in [-0.3, -0.25) is 9.59 Å². The number of benzene rings is 2. The first-order valence-corrected chi connectivity index (χ1v) is 10.6. The standard InChI is InChI=1S/C22H17FN4O3S/c23-15-8-6-13(7-9-15)20(29)24-16-2-1-3-18(10-16)30-12-17-11-19(28)27-22(25-17)31-21(26-27)14-4-5-14/h1-3,6-11,14H,4-5,12H2,(H,24,29). The Hall–Kier alpha value is -3.59. The zero-order chi connectivity index (χ0) is 21.4. The summed E-state index contributed by atoms with van der Waals surface area (Å²) in [6.45, 7) is 0.109. The Balaban J connectivity index is 1.28. The molecule has 0 aliphatic heterocycles. The lowest BCUT2D eigenvalue weighted by Gasteiger charge is -2.09. The summed E-state index contributed by atoms with van der Waals surface area (Å²) in [5.41, 5.74) is 1.16. The van der Waals surface area contributed by atoms with Crippen molar-refractivity contribution in [2.45, 2.75) is 25.4 Å². The van der Waals surface area contributed by atoms with Crippen LogP contribution in [0, 0.1) is 5.82 Å². The van der Waals surface area contributed by atoms with Crippen LogP contribution < -0.4 is 15.6 Å². The highest BCUT2D eigenvalue weighted by atomic mass is 32.1. The van der Waals surface area contributed by atoms with Gasteiger partial charge in [0, 0.05) is 29.3 Å². The number of fused-ring (bicyclic) bond motifs is 1. The van der Waals surface area contributed by atoms with Crippen molar-refractivity contribution in [1.82, 2.24) is 14.6 Å². The first-order chi connectivity index (χ1) is 15.0. The van der Waals surface area contributed by atoms with E-state index in [4.69, 9.17) is 4.74 Å². The topological polar surface area (TPSA) is 85.6 Å². The predicted octanol–water partition coefficient (Wildman–Crippen LogP) is 4.00. The molecule has 0 atom stereocenters. The number of hydrogen-bond acceptors (Lipinski definition) is 6. The highest BCUT2D eigenvalue weighted by Gasteiger charge is 2.28. The van der Waals surface area contributed by atoms with E-state index in [0.29, 0.717) is 33.6 Å². The van der Waals surface area contributed by atoms with E-state index >= 15 is 0 Å². The van der Waals surface area contributed by atoms with Gasteiger partial charge in [0.1, 0.15) is 23.2 Å². The average molecular weight is 436 g/mol. The Kier molecular flexibility index (Phi) is 4.95. The molecule has 0 saturated heterocycles. The summed E-state index contributed by atoms with van der Waals surface area (Å²) in [7, 11) is 0. The molecule has 9 heteroatoms. The molecule has 1 aliphatic rings. The maximum Gasteiger partial charge on any atom is 0.275 e. The molecule has 0 unspecified atom stereocenters. The number of carbonyl (C=O) groups excluding carboxylic acids is 1. The Bertz CT molecular complexity index is 1330. The van der Waals surface area contributed by atoms with Crippen LogP contribution in [0.1, 0.15) is 39.8 Å². The average Bonchev–Trinajstić information content (AvgIpc) is 3.52. The monoisotopic (exact) mass is 436 g/mol. The summed E-state index contributed by atoms with van der Waals surface area (Å²) < 4.78 is 20.1. The van der Waals surface area contributed by atoms with Crippen molar-refractivity contribution in [3.8, 4) is 5.75 Å². The highest BCUT2D eigenvalue weighted by molar-refractivity contribution is 7.16. The van der Waals surface area contributed by atoms with E-state index in [9.17, 15) is 14.0 Å². The van der Waals surface area contributed by atoms with Crippen molar-refractivity contribution < 1.29 is 13.9 Å². The molecule has 2 aromatic carbocycles. The summed E-state index contributed by atoms with van der Waals surface area (Å²) in [5, 5.41) is 8.06. The van der Waals surface area contributed by atoms with Gasteiger partial charge in [-0.2, -0.15) is 9.61 Å². The second kappa shape index (κ2) is 7.92. The van der Waals surface area contributed by atoms with Crippen molar-refractivity contribution >= 4 is 27.9 Å². The quantitative estimate of drug-likeness (QED) is 0.494. The minimum atomic E-state index is -0.402. The zero-order valence-corrected chi connectivity index (χ0v) is 17.1. The van der Waals surface area contributed by atoms with Gasteiger partial charge in [0.25, 0.3) is 11.5 Å². The maximum atomic E-state index is 13.0. The van der Waals surface area contributed by atoms with E-state index in [2.05, 4.69) is 15.4 Å².